The molecule has 0 atom stereocenters. The number of carbonyl (C=O) groups excluding carboxylic acids is 1. The fourth-order valence-corrected chi connectivity index (χ4v) is 1.18. The van der Waals surface area contributed by atoms with E-state index in [0.29, 0.717) is 0 Å². The van der Waals surface area contributed by atoms with E-state index >= 15 is 0 Å². The van der Waals surface area contributed by atoms with E-state index in [1.807, 2.05) is 0 Å². The van der Waals surface area contributed by atoms with Crippen molar-refractivity contribution in [3.8, 4) is 0 Å². The van der Waals surface area contributed by atoms with E-state index < -0.39 is 40.1 Å². The molecule has 0 unspecified atom stereocenters. The lowest BCUT2D eigenvalue weighted by Crippen LogP contribution is -2.13. The van der Waals surface area contributed by atoms with Gasteiger partial charge in [0.25, 0.3) is 12.1 Å². The van der Waals surface area contributed by atoms with Crippen molar-refractivity contribution in [1.82, 2.24) is 4.98 Å². The largest absolute Gasteiger partial charge is 0.465 e. The van der Waals surface area contributed by atoms with Gasteiger partial charge in [0.05, 0.1) is 18.1 Å². The summed E-state index contributed by atoms with van der Waals surface area (Å²) in [5.41, 5.74) is 2.33. The molecule has 92 valence electrons. The third kappa shape index (κ3) is 2.44. The number of pyridine rings is 1. The molecule has 17 heavy (non-hydrogen) atoms. The van der Waals surface area contributed by atoms with E-state index in [9.17, 15) is 23.7 Å². The highest BCUT2D eigenvalue weighted by Gasteiger charge is 2.31. The second-order valence-electron chi connectivity index (χ2n) is 2.88. The number of hydrogen-bond acceptors (Lipinski definition) is 6. The van der Waals surface area contributed by atoms with Crippen molar-refractivity contribution < 1.29 is 23.2 Å². The van der Waals surface area contributed by atoms with Crippen LogP contribution in [0.2, 0.25) is 0 Å². The van der Waals surface area contributed by atoms with Crippen LogP contribution in [-0.2, 0) is 4.74 Å². The minimum Gasteiger partial charge on any atom is -0.465 e. The molecule has 0 amide bonds. The van der Waals surface area contributed by atoms with E-state index in [0.717, 1.165) is 13.2 Å². The van der Waals surface area contributed by atoms with Crippen molar-refractivity contribution in [3.05, 3.63) is 27.4 Å². The molecule has 9 heteroatoms. The van der Waals surface area contributed by atoms with Crippen molar-refractivity contribution in [2.24, 2.45) is 0 Å². The monoisotopic (exact) mass is 247 g/mol. The molecule has 0 saturated heterocycles. The number of anilines is 1. The Kier molecular flexibility index (Phi) is 3.51. The van der Waals surface area contributed by atoms with Gasteiger partial charge in [0.1, 0.15) is 11.5 Å². The number of halogens is 2. The first-order valence-electron chi connectivity index (χ1n) is 4.19. The number of nitro groups is 1. The first kappa shape index (κ1) is 12.7. The molecule has 1 rings (SSSR count). The molecule has 2 N–H and O–H groups in total. The van der Waals surface area contributed by atoms with Crippen molar-refractivity contribution >= 4 is 17.5 Å². The third-order valence-corrected chi connectivity index (χ3v) is 1.84. The van der Waals surface area contributed by atoms with Crippen LogP contribution in [0.5, 0.6) is 0 Å². The maximum atomic E-state index is 12.6. The Bertz CT molecular complexity index is 478. The second kappa shape index (κ2) is 4.68. The average Bonchev–Trinajstić information content (AvgIpc) is 2.26. The van der Waals surface area contributed by atoms with Crippen molar-refractivity contribution in [2.75, 3.05) is 12.8 Å². The summed E-state index contributed by atoms with van der Waals surface area (Å²) in [5, 5.41) is 10.6. The number of carbonyl (C=O) groups is 1. The summed E-state index contributed by atoms with van der Waals surface area (Å²) in [7, 11) is 0.914. The minimum atomic E-state index is -3.17. The van der Waals surface area contributed by atoms with E-state index in [1.54, 1.807) is 0 Å². The number of nitrogens with zero attached hydrogens (tertiary/aromatic N) is 2. The number of methoxy groups -OCH3 is 1. The maximum absolute atomic E-state index is 12.6. The van der Waals surface area contributed by atoms with Crippen LogP contribution in [0.15, 0.2) is 6.07 Å². The van der Waals surface area contributed by atoms with Gasteiger partial charge in [-0.15, -0.1) is 0 Å². The number of alkyl halides is 2. The van der Waals surface area contributed by atoms with Gasteiger partial charge in [-0.2, -0.15) is 0 Å². The first-order chi connectivity index (χ1) is 7.88. The van der Waals surface area contributed by atoms with Gasteiger partial charge in [-0.25, -0.2) is 18.6 Å². The van der Waals surface area contributed by atoms with Gasteiger partial charge in [-0.3, -0.25) is 10.1 Å². The van der Waals surface area contributed by atoms with Crippen LogP contribution in [0.3, 0.4) is 0 Å². The fraction of sp³-hybridized carbons (Fsp3) is 0.250. The van der Waals surface area contributed by atoms with Crippen molar-refractivity contribution in [3.63, 3.8) is 0 Å². The molecule has 1 aromatic rings. The molecule has 1 aromatic heterocycles. The molecule has 0 aliphatic heterocycles. The summed E-state index contributed by atoms with van der Waals surface area (Å²) in [6.07, 6.45) is -3.17. The van der Waals surface area contributed by atoms with Crippen LogP contribution in [0.4, 0.5) is 20.3 Å². The summed E-state index contributed by atoms with van der Waals surface area (Å²) in [6, 6.07) is 0.720. The zero-order valence-corrected chi connectivity index (χ0v) is 8.52. The van der Waals surface area contributed by atoms with Crippen LogP contribution in [0.25, 0.3) is 0 Å². The van der Waals surface area contributed by atoms with Crippen LogP contribution in [0, 0.1) is 10.1 Å². The third-order valence-electron chi connectivity index (χ3n) is 1.84. The molecule has 0 bridgehead atoms. The summed E-state index contributed by atoms with van der Waals surface area (Å²) < 4.78 is 29.4. The van der Waals surface area contributed by atoms with Gasteiger partial charge in [-0.1, -0.05) is 0 Å². The molecule has 7 nitrogen and oxygen atoms in total. The smallest absolute Gasteiger partial charge is 0.347 e. The zero-order valence-electron chi connectivity index (χ0n) is 8.52. The number of esters is 1. The number of rotatable bonds is 3. The highest BCUT2D eigenvalue weighted by Crippen LogP contribution is 2.30. The zero-order chi connectivity index (χ0) is 13.2. The lowest BCUT2D eigenvalue weighted by Gasteiger charge is -2.07. The van der Waals surface area contributed by atoms with Crippen LogP contribution >= 0.6 is 0 Å². The van der Waals surface area contributed by atoms with E-state index in [4.69, 9.17) is 5.73 Å². The number of ether oxygens (including phenoxy) is 1. The number of nitrogens with two attached hydrogens (primary N) is 1. The predicted molar refractivity (Wildman–Crippen MR) is 51.6 cm³/mol. The van der Waals surface area contributed by atoms with Gasteiger partial charge >= 0.3 is 5.97 Å². The van der Waals surface area contributed by atoms with Gasteiger partial charge in [-0.05, 0) is 0 Å². The predicted octanol–water partition coefficient (Wildman–Crippen LogP) is 1.30. The Labute approximate surface area is 93.3 Å². The maximum Gasteiger partial charge on any atom is 0.347 e. The van der Waals surface area contributed by atoms with Crippen molar-refractivity contribution in [2.45, 2.75) is 6.43 Å². The summed E-state index contributed by atoms with van der Waals surface area (Å²) in [6.45, 7) is 0. The summed E-state index contributed by atoms with van der Waals surface area (Å²) in [4.78, 5) is 24.1. The highest BCUT2D eigenvalue weighted by molar-refractivity contribution is 5.95. The second-order valence-corrected chi connectivity index (χ2v) is 2.88. The number of nitrogen functional groups attached to an aromatic ring is 1. The average molecular weight is 247 g/mol. The molecule has 0 spiro atoms. The first-order valence-corrected chi connectivity index (χ1v) is 4.19. The van der Waals surface area contributed by atoms with Gasteiger partial charge < -0.3 is 10.5 Å². The van der Waals surface area contributed by atoms with E-state index in [-0.39, 0.29) is 0 Å². The van der Waals surface area contributed by atoms with Gasteiger partial charge in [0, 0.05) is 0 Å². The molecular weight excluding hydrogens is 240 g/mol. The van der Waals surface area contributed by atoms with Crippen LogP contribution < -0.4 is 5.73 Å². The van der Waals surface area contributed by atoms with Gasteiger partial charge in [0.2, 0.25) is 0 Å². The molecule has 1 heterocycles. The Hall–Kier alpha value is -2.32. The molecular formula is C8H7F2N3O4. The van der Waals surface area contributed by atoms with E-state index in [1.165, 1.54) is 0 Å². The minimum absolute atomic E-state index is 0.473. The summed E-state index contributed by atoms with van der Waals surface area (Å²) >= 11 is 0. The quantitative estimate of drug-likeness (QED) is 0.489. The number of hydrogen-bond donors (Lipinski definition) is 1. The molecule has 0 aromatic carbocycles. The van der Waals surface area contributed by atoms with E-state index in [2.05, 4.69) is 9.72 Å². The Morgan fingerprint density at radius 2 is 2.24 bits per heavy atom. The molecule has 0 radical (unpaired) electrons. The van der Waals surface area contributed by atoms with Gasteiger partial charge in [0.15, 0.2) is 5.56 Å². The SMILES string of the molecule is COC(=O)c1c([N+](=O)[O-])cc(N)nc1C(F)F. The molecule has 0 aliphatic rings. The Morgan fingerprint density at radius 1 is 1.65 bits per heavy atom. The fourth-order valence-electron chi connectivity index (χ4n) is 1.18. The lowest BCUT2D eigenvalue weighted by molar-refractivity contribution is -0.385. The van der Waals surface area contributed by atoms with Crippen LogP contribution in [0.1, 0.15) is 22.5 Å². The highest BCUT2D eigenvalue weighted by atomic mass is 19.3. The Morgan fingerprint density at radius 3 is 2.65 bits per heavy atom. The van der Waals surface area contributed by atoms with Crippen molar-refractivity contribution in [1.29, 1.82) is 0 Å². The van der Waals surface area contributed by atoms with Crippen LogP contribution in [-0.4, -0.2) is 23.0 Å². The number of aromatic nitrogens is 1. The summed E-state index contributed by atoms with van der Waals surface area (Å²) in [5.74, 6) is -1.74. The molecule has 0 aliphatic carbocycles. The normalized spacial score (nSPS) is 10.4. The molecule has 0 saturated carbocycles. The molecule has 0 fully saturated rings. The standard InChI is InChI=1S/C8H7F2N3O4/c1-17-8(14)5-3(13(15)16)2-4(11)12-6(5)7(9)10/h2,7H,1H3,(H2,11,12). The Balaban J connectivity index is 3.59. The topological polar surface area (TPSA) is 108 Å². The lowest BCUT2D eigenvalue weighted by atomic mass is 10.1.